The fourth-order valence-corrected chi connectivity index (χ4v) is 3.72. The molecule has 3 heterocycles. The molecule has 1 aromatic rings. The molecule has 0 N–H and O–H groups in total. The topological polar surface area (TPSA) is 74.4 Å². The molecule has 0 aliphatic carbocycles. The van der Waals surface area contributed by atoms with Crippen molar-refractivity contribution < 1.29 is 26.8 Å². The first-order chi connectivity index (χ1) is 9.54. The molecule has 7 heteroatoms. The Morgan fingerprint density at radius 2 is 1.90 bits per heavy atom. The zero-order valence-corrected chi connectivity index (χ0v) is 11.6. The van der Waals surface area contributed by atoms with Gasteiger partial charge in [-0.3, -0.25) is 4.18 Å². The summed E-state index contributed by atoms with van der Waals surface area (Å²) in [5.41, 5.74) is 0.984. The Bertz CT molecular complexity index is 625. The van der Waals surface area contributed by atoms with E-state index in [9.17, 15) is 8.42 Å². The average molecular weight is 298 g/mol. The molecule has 4 rings (SSSR count). The molecule has 3 aliphatic rings. The molecule has 108 valence electrons. The van der Waals surface area contributed by atoms with E-state index >= 15 is 0 Å². The highest BCUT2D eigenvalue weighted by atomic mass is 32.2. The number of hydrogen-bond donors (Lipinski definition) is 0. The number of epoxide rings is 1. The minimum Gasteiger partial charge on any atom is -0.364 e. The summed E-state index contributed by atoms with van der Waals surface area (Å²) in [4.78, 5) is 0.125. The molecule has 6 nitrogen and oxygen atoms in total. The van der Waals surface area contributed by atoms with E-state index in [-0.39, 0.29) is 23.2 Å². The quantitative estimate of drug-likeness (QED) is 0.600. The Balaban J connectivity index is 1.57. The normalized spacial score (nSPS) is 38.5. The van der Waals surface area contributed by atoms with Crippen LogP contribution in [0.4, 0.5) is 0 Å². The maximum atomic E-state index is 12.3. The fourth-order valence-electron chi connectivity index (χ4n) is 2.65. The van der Waals surface area contributed by atoms with Gasteiger partial charge in [-0.15, -0.1) is 0 Å². The molecule has 3 saturated heterocycles. The van der Waals surface area contributed by atoms with Crippen LogP contribution in [-0.2, 0) is 28.5 Å². The summed E-state index contributed by atoms with van der Waals surface area (Å²) >= 11 is 0. The predicted octanol–water partition coefficient (Wildman–Crippen LogP) is 0.591. The first kappa shape index (κ1) is 12.7. The number of hydrogen-bond acceptors (Lipinski definition) is 6. The lowest BCUT2D eigenvalue weighted by Gasteiger charge is -2.23. The lowest BCUT2D eigenvalue weighted by molar-refractivity contribution is -0.133. The van der Waals surface area contributed by atoms with Gasteiger partial charge in [-0.05, 0) is 19.1 Å². The average Bonchev–Trinajstić information content (AvgIpc) is 3.09. The minimum atomic E-state index is -3.85. The molecular weight excluding hydrogens is 284 g/mol. The molecule has 0 spiro atoms. The van der Waals surface area contributed by atoms with Crippen molar-refractivity contribution in [2.24, 2.45) is 0 Å². The Morgan fingerprint density at radius 3 is 2.65 bits per heavy atom. The van der Waals surface area contributed by atoms with E-state index in [1.807, 2.05) is 6.92 Å². The minimum absolute atomic E-state index is 0.0908. The molecule has 0 unspecified atom stereocenters. The second-order valence-corrected chi connectivity index (χ2v) is 6.84. The summed E-state index contributed by atoms with van der Waals surface area (Å²) < 4.78 is 46.2. The second kappa shape index (κ2) is 4.25. The lowest BCUT2D eigenvalue weighted by Crippen LogP contribution is -2.42. The second-order valence-electron chi connectivity index (χ2n) is 5.27. The predicted molar refractivity (Wildman–Crippen MR) is 66.5 cm³/mol. The van der Waals surface area contributed by atoms with Crippen molar-refractivity contribution >= 4 is 10.1 Å². The van der Waals surface area contributed by atoms with E-state index in [0.29, 0.717) is 6.61 Å². The molecule has 20 heavy (non-hydrogen) atoms. The van der Waals surface area contributed by atoms with Crippen LogP contribution in [0.2, 0.25) is 0 Å². The highest BCUT2D eigenvalue weighted by Gasteiger charge is 2.63. The molecule has 3 fully saturated rings. The van der Waals surface area contributed by atoms with E-state index in [1.165, 1.54) is 12.1 Å². The molecule has 0 saturated carbocycles. The van der Waals surface area contributed by atoms with Crippen molar-refractivity contribution in [2.45, 2.75) is 42.5 Å². The summed E-state index contributed by atoms with van der Waals surface area (Å²) in [5.74, 6) is 0. The van der Waals surface area contributed by atoms with Crippen LogP contribution >= 0.6 is 0 Å². The van der Waals surface area contributed by atoms with Gasteiger partial charge < -0.3 is 14.2 Å². The van der Waals surface area contributed by atoms with Gasteiger partial charge in [-0.1, -0.05) is 17.7 Å². The number of rotatable bonds is 3. The Labute approximate surface area is 116 Å². The van der Waals surface area contributed by atoms with Gasteiger partial charge in [0.2, 0.25) is 0 Å². The van der Waals surface area contributed by atoms with Gasteiger partial charge in [-0.25, -0.2) is 0 Å². The molecule has 2 bridgehead atoms. The SMILES string of the molecule is Cc1ccc(S(=O)(=O)O[C@@H]2[C@@H]3OC[C@H](O3)[C@@H]3O[C@@H]23)cc1. The molecule has 0 amide bonds. The van der Waals surface area contributed by atoms with Crippen molar-refractivity contribution in [2.75, 3.05) is 6.61 Å². The van der Waals surface area contributed by atoms with Gasteiger partial charge in [0.05, 0.1) is 11.5 Å². The van der Waals surface area contributed by atoms with E-state index in [0.717, 1.165) is 5.56 Å². The summed E-state index contributed by atoms with van der Waals surface area (Å²) in [7, 11) is -3.85. The third-order valence-corrected chi connectivity index (χ3v) is 5.13. The van der Waals surface area contributed by atoms with Crippen molar-refractivity contribution in [3.63, 3.8) is 0 Å². The zero-order chi connectivity index (χ0) is 13.9. The van der Waals surface area contributed by atoms with Crippen LogP contribution in [0.5, 0.6) is 0 Å². The van der Waals surface area contributed by atoms with Crippen LogP contribution in [0.25, 0.3) is 0 Å². The molecule has 0 radical (unpaired) electrons. The summed E-state index contributed by atoms with van der Waals surface area (Å²) in [5, 5.41) is 0. The maximum absolute atomic E-state index is 12.3. The monoisotopic (exact) mass is 298 g/mol. The fraction of sp³-hybridized carbons (Fsp3) is 0.538. The molecule has 0 aromatic heterocycles. The van der Waals surface area contributed by atoms with Gasteiger partial charge in [0, 0.05) is 0 Å². The summed E-state index contributed by atoms with van der Waals surface area (Å²) in [6.07, 6.45) is -1.84. The Morgan fingerprint density at radius 1 is 1.15 bits per heavy atom. The van der Waals surface area contributed by atoms with Crippen LogP contribution < -0.4 is 0 Å². The first-order valence-electron chi connectivity index (χ1n) is 6.47. The van der Waals surface area contributed by atoms with Crippen LogP contribution in [0.3, 0.4) is 0 Å². The highest BCUT2D eigenvalue weighted by molar-refractivity contribution is 7.86. The van der Waals surface area contributed by atoms with Crippen molar-refractivity contribution in [3.8, 4) is 0 Å². The highest BCUT2D eigenvalue weighted by Crippen LogP contribution is 2.43. The lowest BCUT2D eigenvalue weighted by atomic mass is 10.1. The number of aryl methyl sites for hydroxylation is 1. The van der Waals surface area contributed by atoms with Gasteiger partial charge >= 0.3 is 0 Å². The van der Waals surface area contributed by atoms with Crippen LogP contribution in [0.15, 0.2) is 29.2 Å². The van der Waals surface area contributed by atoms with Gasteiger partial charge in [0.25, 0.3) is 10.1 Å². The maximum Gasteiger partial charge on any atom is 0.297 e. The summed E-state index contributed by atoms with van der Waals surface area (Å²) in [6.45, 7) is 2.32. The summed E-state index contributed by atoms with van der Waals surface area (Å²) in [6, 6.07) is 6.51. The third-order valence-electron chi connectivity index (χ3n) is 3.80. The molecular formula is C13H14O6S. The smallest absolute Gasteiger partial charge is 0.297 e. The number of ether oxygens (including phenoxy) is 3. The Hall–Kier alpha value is -0.990. The molecule has 5 atom stereocenters. The van der Waals surface area contributed by atoms with Crippen LogP contribution in [-0.4, -0.2) is 45.7 Å². The van der Waals surface area contributed by atoms with E-state index in [4.69, 9.17) is 18.4 Å². The van der Waals surface area contributed by atoms with E-state index in [2.05, 4.69) is 0 Å². The van der Waals surface area contributed by atoms with Gasteiger partial charge in [0.1, 0.15) is 18.3 Å². The van der Waals surface area contributed by atoms with Gasteiger partial charge in [0.15, 0.2) is 12.4 Å². The van der Waals surface area contributed by atoms with E-state index in [1.54, 1.807) is 12.1 Å². The number of fused-ring (bicyclic) bond motifs is 4. The van der Waals surface area contributed by atoms with E-state index < -0.39 is 22.5 Å². The van der Waals surface area contributed by atoms with Crippen molar-refractivity contribution in [1.29, 1.82) is 0 Å². The van der Waals surface area contributed by atoms with Crippen molar-refractivity contribution in [1.82, 2.24) is 0 Å². The zero-order valence-electron chi connectivity index (χ0n) is 10.8. The van der Waals surface area contributed by atoms with Gasteiger partial charge in [-0.2, -0.15) is 8.42 Å². The largest absolute Gasteiger partial charge is 0.364 e. The number of benzene rings is 1. The van der Waals surface area contributed by atoms with Crippen LogP contribution in [0, 0.1) is 6.92 Å². The molecule has 3 aliphatic heterocycles. The third kappa shape index (κ3) is 1.97. The Kier molecular flexibility index (Phi) is 2.71. The molecule has 1 aromatic carbocycles. The standard InChI is InChI=1S/C13H14O6S/c1-7-2-4-8(5-3-7)20(14,15)19-12-11-10(18-11)9-6-16-13(12)17-9/h2-5,9-13H,6H2,1H3/t9-,10-,11+,12-,13+/m0/s1. The van der Waals surface area contributed by atoms with Crippen molar-refractivity contribution in [3.05, 3.63) is 29.8 Å². The first-order valence-corrected chi connectivity index (χ1v) is 7.88. The van der Waals surface area contributed by atoms with Crippen LogP contribution in [0.1, 0.15) is 5.56 Å².